The minimum atomic E-state index is -0.532. The van der Waals surface area contributed by atoms with E-state index in [4.69, 9.17) is 4.74 Å². The number of hydrogen-bond donors (Lipinski definition) is 2. The van der Waals surface area contributed by atoms with Gasteiger partial charge in [-0.2, -0.15) is 0 Å². The van der Waals surface area contributed by atoms with Gasteiger partial charge in [-0.15, -0.1) is 0 Å². The van der Waals surface area contributed by atoms with E-state index in [2.05, 4.69) is 10.6 Å². The average molecular weight is 336 g/mol. The summed E-state index contributed by atoms with van der Waals surface area (Å²) in [4.78, 5) is 24.0. The topological polar surface area (TPSA) is 67.4 Å². The zero-order valence-electron chi connectivity index (χ0n) is 14.6. The fraction of sp³-hybridized carbons (Fsp3) is 0.556. The first-order valence-electron chi connectivity index (χ1n) is 8.26. The lowest BCUT2D eigenvalue weighted by atomic mass is 9.86. The Hall–Kier alpha value is -2.11. The molecule has 1 saturated carbocycles. The lowest BCUT2D eigenvalue weighted by molar-refractivity contribution is 0.0465. The third-order valence-corrected chi connectivity index (χ3v) is 3.89. The Balaban J connectivity index is 1.82. The van der Waals surface area contributed by atoms with Gasteiger partial charge < -0.3 is 15.4 Å². The first kappa shape index (κ1) is 18.2. The Labute approximate surface area is 142 Å². The molecular weight excluding hydrogens is 311 g/mol. The third kappa shape index (κ3) is 4.94. The highest BCUT2D eigenvalue weighted by molar-refractivity contribution is 5.96. The molecule has 1 aromatic rings. The minimum Gasteiger partial charge on any atom is -0.444 e. The zero-order chi connectivity index (χ0) is 17.9. The van der Waals surface area contributed by atoms with E-state index in [0.29, 0.717) is 24.8 Å². The first-order chi connectivity index (χ1) is 11.2. The summed E-state index contributed by atoms with van der Waals surface area (Å²) in [6.45, 7) is 7.34. The van der Waals surface area contributed by atoms with Gasteiger partial charge in [-0.05, 0) is 57.7 Å². The molecule has 0 saturated heterocycles. The van der Waals surface area contributed by atoms with Crippen LogP contribution in [0.15, 0.2) is 18.2 Å². The summed E-state index contributed by atoms with van der Waals surface area (Å²) in [7, 11) is 0. The number of carbonyl (C=O) groups is 2. The van der Waals surface area contributed by atoms with Gasteiger partial charge in [-0.25, -0.2) is 9.18 Å². The van der Waals surface area contributed by atoms with Crippen LogP contribution in [-0.4, -0.2) is 29.7 Å². The van der Waals surface area contributed by atoms with Crippen LogP contribution >= 0.6 is 0 Å². The van der Waals surface area contributed by atoms with E-state index in [1.54, 1.807) is 26.8 Å². The Morgan fingerprint density at radius 1 is 1.21 bits per heavy atom. The van der Waals surface area contributed by atoms with Crippen LogP contribution in [0.3, 0.4) is 0 Å². The van der Waals surface area contributed by atoms with Gasteiger partial charge in [0.05, 0.1) is 0 Å². The van der Waals surface area contributed by atoms with Crippen LogP contribution < -0.4 is 10.6 Å². The Bertz CT molecular complexity index is 619. The fourth-order valence-electron chi connectivity index (χ4n) is 2.66. The quantitative estimate of drug-likeness (QED) is 0.887. The molecule has 0 radical (unpaired) electrons. The first-order valence-corrected chi connectivity index (χ1v) is 8.26. The molecule has 132 valence electrons. The number of aryl methyl sites for hydroxylation is 1. The number of alkyl carbamates (subject to hydrolysis) is 1. The fourth-order valence-corrected chi connectivity index (χ4v) is 2.66. The van der Waals surface area contributed by atoms with Gasteiger partial charge in [-0.1, -0.05) is 13.0 Å². The van der Waals surface area contributed by atoms with Gasteiger partial charge in [-0.3, -0.25) is 4.79 Å². The van der Waals surface area contributed by atoms with Crippen molar-refractivity contribution in [3.05, 3.63) is 35.1 Å². The molecule has 2 amide bonds. The number of nitrogens with one attached hydrogen (secondary N) is 2. The number of ether oxygens (including phenoxy) is 1. The van der Waals surface area contributed by atoms with Gasteiger partial charge in [0.15, 0.2) is 0 Å². The van der Waals surface area contributed by atoms with Crippen molar-refractivity contribution >= 4 is 12.0 Å². The summed E-state index contributed by atoms with van der Waals surface area (Å²) in [6, 6.07) is 4.23. The molecule has 6 heteroatoms. The predicted molar refractivity (Wildman–Crippen MR) is 89.4 cm³/mol. The maximum Gasteiger partial charge on any atom is 0.407 e. The molecule has 1 fully saturated rings. The maximum absolute atomic E-state index is 13.4. The molecule has 0 heterocycles. The zero-order valence-corrected chi connectivity index (χ0v) is 14.6. The van der Waals surface area contributed by atoms with Gasteiger partial charge in [0.1, 0.15) is 11.4 Å². The number of benzene rings is 1. The number of rotatable bonds is 4. The smallest absolute Gasteiger partial charge is 0.407 e. The summed E-state index contributed by atoms with van der Waals surface area (Å²) >= 11 is 0. The second kappa shape index (κ2) is 7.20. The van der Waals surface area contributed by atoms with E-state index in [1.165, 1.54) is 12.1 Å². The normalized spacial score (nSPS) is 20.0. The summed E-state index contributed by atoms with van der Waals surface area (Å²) in [5, 5.41) is 5.66. The highest BCUT2D eigenvalue weighted by Crippen LogP contribution is 2.22. The Morgan fingerprint density at radius 2 is 1.83 bits per heavy atom. The van der Waals surface area contributed by atoms with Crippen molar-refractivity contribution in [2.24, 2.45) is 0 Å². The van der Waals surface area contributed by atoms with E-state index < -0.39 is 17.5 Å². The summed E-state index contributed by atoms with van der Waals surface area (Å²) in [6.07, 6.45) is 1.50. The van der Waals surface area contributed by atoms with Crippen molar-refractivity contribution < 1.29 is 18.7 Å². The number of amides is 2. The average Bonchev–Trinajstić information content (AvgIpc) is 2.42. The molecule has 0 unspecified atom stereocenters. The molecule has 2 N–H and O–H groups in total. The van der Waals surface area contributed by atoms with Crippen molar-refractivity contribution in [1.82, 2.24) is 10.6 Å². The van der Waals surface area contributed by atoms with Crippen LogP contribution in [0.1, 0.15) is 56.5 Å². The van der Waals surface area contributed by atoms with E-state index >= 15 is 0 Å². The van der Waals surface area contributed by atoms with Crippen LogP contribution in [0, 0.1) is 5.82 Å². The monoisotopic (exact) mass is 336 g/mol. The van der Waals surface area contributed by atoms with Crippen molar-refractivity contribution in [2.75, 3.05) is 0 Å². The second-order valence-corrected chi connectivity index (χ2v) is 7.14. The van der Waals surface area contributed by atoms with Crippen LogP contribution in [0.2, 0.25) is 0 Å². The van der Waals surface area contributed by atoms with Crippen LogP contribution in [0.25, 0.3) is 0 Å². The molecule has 1 aliphatic rings. The van der Waals surface area contributed by atoms with Gasteiger partial charge in [0, 0.05) is 17.6 Å². The van der Waals surface area contributed by atoms with E-state index in [-0.39, 0.29) is 18.0 Å². The number of hydrogen-bond acceptors (Lipinski definition) is 3. The molecule has 0 aliphatic heterocycles. The van der Waals surface area contributed by atoms with E-state index in [9.17, 15) is 14.0 Å². The van der Waals surface area contributed by atoms with Crippen LogP contribution in [0.5, 0.6) is 0 Å². The molecular formula is C18H25FN2O3. The Kier molecular flexibility index (Phi) is 5.47. The van der Waals surface area contributed by atoms with Gasteiger partial charge >= 0.3 is 6.09 Å². The predicted octanol–water partition coefficient (Wildman–Crippen LogP) is 3.17. The summed E-state index contributed by atoms with van der Waals surface area (Å²) in [5.74, 6) is -0.692. The second-order valence-electron chi connectivity index (χ2n) is 7.14. The largest absolute Gasteiger partial charge is 0.444 e. The molecule has 0 spiro atoms. The molecule has 24 heavy (non-hydrogen) atoms. The van der Waals surface area contributed by atoms with Crippen molar-refractivity contribution in [2.45, 2.75) is 64.6 Å². The van der Waals surface area contributed by atoms with Crippen molar-refractivity contribution in [3.8, 4) is 0 Å². The third-order valence-electron chi connectivity index (χ3n) is 3.89. The lowest BCUT2D eigenvalue weighted by Gasteiger charge is -2.36. The summed E-state index contributed by atoms with van der Waals surface area (Å²) < 4.78 is 18.6. The van der Waals surface area contributed by atoms with Gasteiger partial charge in [0.2, 0.25) is 0 Å². The molecule has 1 aliphatic carbocycles. The molecule has 2 rings (SSSR count). The number of halogens is 1. The molecule has 0 atom stereocenters. The molecule has 5 nitrogen and oxygen atoms in total. The minimum absolute atomic E-state index is 0.0108. The van der Waals surface area contributed by atoms with Crippen LogP contribution in [-0.2, 0) is 11.2 Å². The molecule has 1 aromatic carbocycles. The van der Waals surface area contributed by atoms with Crippen molar-refractivity contribution in [3.63, 3.8) is 0 Å². The van der Waals surface area contributed by atoms with E-state index in [1.807, 2.05) is 6.92 Å². The Morgan fingerprint density at radius 3 is 2.42 bits per heavy atom. The lowest BCUT2D eigenvalue weighted by Crippen LogP contribution is -2.54. The number of carbonyl (C=O) groups excluding carboxylic acids is 2. The molecule has 0 aromatic heterocycles. The summed E-state index contributed by atoms with van der Waals surface area (Å²) in [5.41, 5.74) is 0.660. The SMILES string of the molecule is CCc1ccc(F)cc1C(=O)NC1CC(NC(=O)OC(C)(C)C)C1. The van der Waals surface area contributed by atoms with Crippen LogP contribution in [0.4, 0.5) is 9.18 Å². The van der Waals surface area contributed by atoms with Crippen molar-refractivity contribution in [1.29, 1.82) is 0 Å². The highest BCUT2D eigenvalue weighted by atomic mass is 19.1. The standard InChI is InChI=1S/C18H25FN2O3/c1-5-11-6-7-12(19)8-15(11)16(22)20-13-9-14(10-13)21-17(23)24-18(2,3)4/h6-8,13-14H,5,9-10H2,1-4H3,(H,20,22)(H,21,23). The molecule has 0 bridgehead atoms. The van der Waals surface area contributed by atoms with E-state index in [0.717, 1.165) is 5.56 Å². The van der Waals surface area contributed by atoms with Gasteiger partial charge in [0.25, 0.3) is 5.91 Å². The highest BCUT2D eigenvalue weighted by Gasteiger charge is 2.33. The maximum atomic E-state index is 13.4.